The fraction of sp³-hybridized carbons (Fsp3) is 0.636. The van der Waals surface area contributed by atoms with Crippen molar-refractivity contribution in [3.8, 4) is 0 Å². The highest BCUT2D eigenvalue weighted by Gasteiger charge is 2.35. The summed E-state index contributed by atoms with van der Waals surface area (Å²) in [5.41, 5.74) is 2.59. The number of carboxylic acids is 1. The highest BCUT2D eigenvalue weighted by molar-refractivity contribution is 7.98. The second-order valence-corrected chi connectivity index (χ2v) is 10.9. The number of rotatable bonds is 7. The van der Waals surface area contributed by atoms with Crippen LogP contribution < -0.4 is 4.31 Å². The van der Waals surface area contributed by atoms with E-state index in [0.29, 0.717) is 19.4 Å². The van der Waals surface area contributed by atoms with E-state index in [2.05, 4.69) is 25.3 Å². The lowest BCUT2D eigenvalue weighted by molar-refractivity contribution is -0.136. The van der Waals surface area contributed by atoms with Crippen LogP contribution >= 0.6 is 12.1 Å². The number of alkyl halides is 2. The van der Waals surface area contributed by atoms with Gasteiger partial charge in [0.15, 0.2) is 0 Å². The Bertz CT molecular complexity index is 931. The number of aromatic nitrogens is 2. The Kier molecular flexibility index (Phi) is 6.86. The summed E-state index contributed by atoms with van der Waals surface area (Å²) in [6, 6.07) is 6.01. The van der Waals surface area contributed by atoms with Crippen molar-refractivity contribution in [3.63, 3.8) is 0 Å². The van der Waals surface area contributed by atoms with Crippen molar-refractivity contribution < 1.29 is 18.7 Å². The van der Waals surface area contributed by atoms with Crippen molar-refractivity contribution in [3.05, 3.63) is 24.0 Å². The Morgan fingerprint density at radius 2 is 1.94 bits per heavy atom. The fourth-order valence-electron chi connectivity index (χ4n) is 4.09. The van der Waals surface area contributed by atoms with Crippen LogP contribution in [0.2, 0.25) is 0 Å². The van der Waals surface area contributed by atoms with Gasteiger partial charge in [0.1, 0.15) is 12.4 Å². The highest BCUT2D eigenvalue weighted by Crippen LogP contribution is 2.38. The van der Waals surface area contributed by atoms with E-state index in [9.17, 15) is 13.6 Å². The second-order valence-electron chi connectivity index (χ2n) is 9.53. The Labute approximate surface area is 186 Å². The van der Waals surface area contributed by atoms with Gasteiger partial charge in [0.25, 0.3) is 0 Å². The third-order valence-electron chi connectivity index (χ3n) is 5.66. The summed E-state index contributed by atoms with van der Waals surface area (Å²) in [7, 11) is 3.61. The Hall–Kier alpha value is -1.87. The predicted octanol–water partition coefficient (Wildman–Crippen LogP) is 5.18. The predicted molar refractivity (Wildman–Crippen MR) is 122 cm³/mol. The van der Waals surface area contributed by atoms with E-state index < -0.39 is 11.9 Å². The van der Waals surface area contributed by atoms with Gasteiger partial charge in [-0.1, -0.05) is 20.8 Å². The monoisotopic (exact) mass is 454 g/mol. The molecule has 0 spiro atoms. The summed E-state index contributed by atoms with van der Waals surface area (Å²) >= 11 is 1.31. The van der Waals surface area contributed by atoms with Gasteiger partial charge < -0.3 is 14.0 Å². The van der Waals surface area contributed by atoms with Crippen LogP contribution in [0.3, 0.4) is 0 Å². The van der Waals surface area contributed by atoms with E-state index in [0.717, 1.165) is 22.5 Å². The van der Waals surface area contributed by atoms with Gasteiger partial charge in [0, 0.05) is 44.0 Å². The molecule has 1 heterocycles. The molecular formula is C22H32F2N4O2S. The summed E-state index contributed by atoms with van der Waals surface area (Å²) in [4.78, 5) is 15.8. The molecule has 3 rings (SSSR count). The molecule has 1 aliphatic rings. The first-order valence-corrected chi connectivity index (χ1v) is 11.3. The van der Waals surface area contributed by atoms with Crippen molar-refractivity contribution in [2.24, 2.45) is 5.92 Å². The highest BCUT2D eigenvalue weighted by atomic mass is 32.2. The maximum absolute atomic E-state index is 13.6. The van der Waals surface area contributed by atoms with Crippen LogP contribution in [-0.4, -0.2) is 51.5 Å². The van der Waals surface area contributed by atoms with Gasteiger partial charge in [-0.15, -0.1) is 0 Å². The molecule has 0 unspecified atom stereocenters. The molecule has 1 aromatic carbocycles. The van der Waals surface area contributed by atoms with E-state index in [1.54, 1.807) is 11.4 Å². The van der Waals surface area contributed by atoms with Gasteiger partial charge in [-0.05, 0) is 44.0 Å². The van der Waals surface area contributed by atoms with Crippen molar-refractivity contribution in [1.29, 1.82) is 0 Å². The van der Waals surface area contributed by atoms with E-state index in [1.165, 1.54) is 12.1 Å². The Balaban J connectivity index is 1.87. The quantitative estimate of drug-likeness (QED) is 0.582. The fourth-order valence-corrected chi connectivity index (χ4v) is 4.88. The van der Waals surface area contributed by atoms with Gasteiger partial charge in [-0.25, -0.2) is 18.1 Å². The molecule has 2 aromatic rings. The van der Waals surface area contributed by atoms with Crippen LogP contribution in [0.4, 0.5) is 14.5 Å². The van der Waals surface area contributed by atoms with Gasteiger partial charge in [-0.3, -0.25) is 4.79 Å². The number of hydrogen-bond donors (Lipinski definition) is 1. The summed E-state index contributed by atoms with van der Waals surface area (Å²) in [5, 5.41) is 8.95. The number of aliphatic carboxylic acids is 1. The van der Waals surface area contributed by atoms with Crippen LogP contribution in [0, 0.1) is 5.92 Å². The molecule has 0 saturated heterocycles. The minimum Gasteiger partial charge on any atom is -0.480 e. The van der Waals surface area contributed by atoms with Crippen molar-refractivity contribution in [2.75, 3.05) is 24.9 Å². The third kappa shape index (κ3) is 5.88. The van der Waals surface area contributed by atoms with Crippen LogP contribution in [0.1, 0.15) is 52.3 Å². The van der Waals surface area contributed by atoms with Gasteiger partial charge in [0.05, 0.1) is 16.7 Å². The lowest BCUT2D eigenvalue weighted by atomic mass is 9.86. The molecule has 0 aliphatic heterocycles. The number of likely N-dealkylation sites (N-methyl/N-ethyl adjacent to an activating group) is 1. The number of nitrogens with zero attached hydrogens (tertiary/aromatic N) is 4. The number of anilines is 1. The minimum atomic E-state index is -2.52. The van der Waals surface area contributed by atoms with Crippen molar-refractivity contribution >= 4 is 34.8 Å². The van der Waals surface area contributed by atoms with Gasteiger partial charge >= 0.3 is 5.97 Å². The first-order valence-electron chi connectivity index (χ1n) is 10.6. The molecule has 1 aromatic heterocycles. The molecule has 1 fully saturated rings. The SMILES string of the molecule is CN(CC(=O)O)SN(C)c1ccc2c(c1)nc(C(C)(C)C)n2CC1CCC(F)(F)CC1. The van der Waals surface area contributed by atoms with Gasteiger partial charge in [0.2, 0.25) is 5.92 Å². The molecule has 0 bridgehead atoms. The van der Waals surface area contributed by atoms with Crippen LogP contribution in [-0.2, 0) is 16.8 Å². The van der Waals surface area contributed by atoms with Crippen LogP contribution in [0.15, 0.2) is 18.2 Å². The largest absolute Gasteiger partial charge is 0.480 e. The summed E-state index contributed by atoms with van der Waals surface area (Å²) in [6.07, 6.45) is 0.990. The lowest BCUT2D eigenvalue weighted by Crippen LogP contribution is -2.28. The van der Waals surface area contributed by atoms with E-state index >= 15 is 0 Å². The molecule has 1 aliphatic carbocycles. The molecule has 1 saturated carbocycles. The summed E-state index contributed by atoms with van der Waals surface area (Å²) in [5.74, 6) is -2.23. The molecule has 0 radical (unpaired) electrons. The van der Waals surface area contributed by atoms with E-state index in [4.69, 9.17) is 10.1 Å². The van der Waals surface area contributed by atoms with E-state index in [-0.39, 0.29) is 30.7 Å². The maximum atomic E-state index is 13.6. The number of carboxylic acid groups (broad SMARTS) is 1. The molecule has 172 valence electrons. The first kappa shape index (κ1) is 23.8. The topological polar surface area (TPSA) is 61.6 Å². The third-order valence-corrected chi connectivity index (χ3v) is 6.53. The summed E-state index contributed by atoms with van der Waals surface area (Å²) in [6.45, 7) is 6.97. The van der Waals surface area contributed by atoms with Gasteiger partial charge in [-0.2, -0.15) is 0 Å². The Morgan fingerprint density at radius 3 is 2.52 bits per heavy atom. The van der Waals surface area contributed by atoms with Crippen LogP contribution in [0.25, 0.3) is 11.0 Å². The molecule has 0 atom stereocenters. The molecule has 1 N–H and O–H groups in total. The maximum Gasteiger partial charge on any atom is 0.318 e. The van der Waals surface area contributed by atoms with Crippen molar-refractivity contribution in [2.45, 2.75) is 64.3 Å². The number of benzene rings is 1. The molecular weight excluding hydrogens is 422 g/mol. The number of hydrogen-bond acceptors (Lipinski definition) is 5. The Morgan fingerprint density at radius 1 is 1.29 bits per heavy atom. The second kappa shape index (κ2) is 8.94. The first-order chi connectivity index (χ1) is 14.4. The normalized spacial score (nSPS) is 17.4. The average molecular weight is 455 g/mol. The standard InChI is InChI=1S/C22H32F2N4O2S/c1-21(2,3)20-25-17-12-16(27(5)31-26(4)14-19(29)30)6-7-18(17)28(20)13-15-8-10-22(23,24)11-9-15/h6-7,12,15H,8-11,13-14H2,1-5H3,(H,29,30). The number of carbonyl (C=O) groups is 1. The molecule has 9 heteroatoms. The van der Waals surface area contributed by atoms with Crippen LogP contribution in [0.5, 0.6) is 0 Å². The average Bonchev–Trinajstić information content (AvgIpc) is 3.00. The summed E-state index contributed by atoms with van der Waals surface area (Å²) < 4.78 is 32.9. The number of halogens is 2. The molecule has 0 amide bonds. The van der Waals surface area contributed by atoms with Crippen molar-refractivity contribution in [1.82, 2.24) is 13.9 Å². The zero-order chi connectivity index (χ0) is 23.0. The zero-order valence-corrected chi connectivity index (χ0v) is 19.7. The molecule has 31 heavy (non-hydrogen) atoms. The smallest absolute Gasteiger partial charge is 0.318 e. The number of fused-ring (bicyclic) bond motifs is 1. The minimum absolute atomic E-state index is 0.0365. The lowest BCUT2D eigenvalue weighted by Gasteiger charge is -2.30. The number of imidazole rings is 1. The molecule has 6 nitrogen and oxygen atoms in total. The zero-order valence-electron chi connectivity index (χ0n) is 18.9. The van der Waals surface area contributed by atoms with E-state index in [1.807, 2.05) is 29.6 Å².